The highest BCUT2D eigenvalue weighted by molar-refractivity contribution is 5.76. The van der Waals surface area contributed by atoms with Crippen LogP contribution in [0.15, 0.2) is 48.5 Å². The van der Waals surface area contributed by atoms with Crippen molar-refractivity contribution in [2.45, 2.75) is 25.9 Å². The second kappa shape index (κ2) is 7.31. The van der Waals surface area contributed by atoms with Crippen molar-refractivity contribution in [3.8, 4) is 0 Å². The van der Waals surface area contributed by atoms with Crippen molar-refractivity contribution in [2.24, 2.45) is 5.92 Å². The fourth-order valence-electron chi connectivity index (χ4n) is 3.01. The van der Waals surface area contributed by atoms with E-state index in [4.69, 9.17) is 0 Å². The Balaban J connectivity index is 1.81. The number of anilines is 1. The van der Waals surface area contributed by atoms with Crippen LogP contribution in [0.3, 0.4) is 0 Å². The fourth-order valence-corrected chi connectivity index (χ4v) is 3.01. The van der Waals surface area contributed by atoms with Gasteiger partial charge in [0.1, 0.15) is 5.69 Å². The number of carbonyl (C=O) groups excluding carboxylic acids is 1. The minimum absolute atomic E-state index is 0.0272. The Hall–Kier alpha value is -2.93. The monoisotopic (exact) mass is 340 g/mol. The standard InChI is InChI=1S/C18H20N4O3/c1-12-9-17(23)20-21-18(12)14-7-8-15(16(10-14)22(24)25)19-11-13-5-3-2-4-6-13/h2-8,10,12,18-19,21H,9,11H2,1H3,(H,20,23). The number of hydrogen-bond donors (Lipinski definition) is 3. The zero-order valence-electron chi connectivity index (χ0n) is 13.9. The molecule has 7 nitrogen and oxygen atoms in total. The molecule has 1 aliphatic heterocycles. The summed E-state index contributed by atoms with van der Waals surface area (Å²) >= 11 is 0. The number of benzene rings is 2. The van der Waals surface area contributed by atoms with Crippen molar-refractivity contribution in [2.75, 3.05) is 5.32 Å². The van der Waals surface area contributed by atoms with Crippen molar-refractivity contribution in [3.63, 3.8) is 0 Å². The van der Waals surface area contributed by atoms with Gasteiger partial charge in [0, 0.05) is 19.0 Å². The van der Waals surface area contributed by atoms with Gasteiger partial charge in [-0.05, 0) is 23.1 Å². The van der Waals surface area contributed by atoms with E-state index in [0.29, 0.717) is 18.7 Å². The number of hydrazine groups is 1. The molecule has 0 saturated carbocycles. The van der Waals surface area contributed by atoms with Crippen LogP contribution < -0.4 is 16.2 Å². The molecule has 7 heteroatoms. The van der Waals surface area contributed by atoms with Crippen molar-refractivity contribution in [1.82, 2.24) is 10.9 Å². The lowest BCUT2D eigenvalue weighted by atomic mass is 9.90. The molecule has 0 bridgehead atoms. The summed E-state index contributed by atoms with van der Waals surface area (Å²) in [6.07, 6.45) is 0.388. The van der Waals surface area contributed by atoms with Gasteiger partial charge in [-0.25, -0.2) is 5.43 Å². The molecule has 3 rings (SSSR count). The lowest BCUT2D eigenvalue weighted by Gasteiger charge is -2.30. The predicted octanol–water partition coefficient (Wildman–Crippen LogP) is 2.91. The molecule has 1 heterocycles. The van der Waals surface area contributed by atoms with Gasteiger partial charge in [-0.15, -0.1) is 0 Å². The molecule has 3 N–H and O–H groups in total. The van der Waals surface area contributed by atoms with Gasteiger partial charge >= 0.3 is 0 Å². The van der Waals surface area contributed by atoms with E-state index in [-0.39, 0.29) is 28.5 Å². The topological polar surface area (TPSA) is 96.3 Å². The van der Waals surface area contributed by atoms with Crippen molar-refractivity contribution < 1.29 is 9.72 Å². The van der Waals surface area contributed by atoms with E-state index in [1.807, 2.05) is 43.3 Å². The van der Waals surface area contributed by atoms with Gasteiger partial charge in [-0.3, -0.25) is 20.3 Å². The highest BCUT2D eigenvalue weighted by atomic mass is 16.6. The quantitative estimate of drug-likeness (QED) is 0.574. The summed E-state index contributed by atoms with van der Waals surface area (Å²) in [5.74, 6) is -0.0177. The van der Waals surface area contributed by atoms with Crippen LogP contribution in [-0.2, 0) is 11.3 Å². The van der Waals surface area contributed by atoms with Gasteiger partial charge in [0.05, 0.1) is 11.0 Å². The molecule has 2 aromatic carbocycles. The lowest BCUT2D eigenvalue weighted by molar-refractivity contribution is -0.384. The first-order valence-electron chi connectivity index (χ1n) is 8.15. The van der Waals surface area contributed by atoms with Gasteiger partial charge in [0.15, 0.2) is 0 Å². The number of rotatable bonds is 5. The Morgan fingerprint density at radius 2 is 2.00 bits per heavy atom. The highest BCUT2D eigenvalue weighted by Gasteiger charge is 2.28. The third-order valence-corrected chi connectivity index (χ3v) is 4.35. The highest BCUT2D eigenvalue weighted by Crippen LogP contribution is 2.32. The zero-order valence-corrected chi connectivity index (χ0v) is 13.9. The molecule has 1 amide bonds. The summed E-state index contributed by atoms with van der Waals surface area (Å²) in [7, 11) is 0. The summed E-state index contributed by atoms with van der Waals surface area (Å²) in [4.78, 5) is 22.5. The Kier molecular flexibility index (Phi) is 4.95. The van der Waals surface area contributed by atoms with E-state index in [9.17, 15) is 14.9 Å². The van der Waals surface area contributed by atoms with Crippen LogP contribution in [0.5, 0.6) is 0 Å². The molecule has 0 spiro atoms. The fraction of sp³-hybridized carbons (Fsp3) is 0.278. The summed E-state index contributed by atoms with van der Waals surface area (Å²) in [5, 5.41) is 14.6. The second-order valence-electron chi connectivity index (χ2n) is 6.22. The van der Waals surface area contributed by atoms with Gasteiger partial charge in [0.2, 0.25) is 5.91 Å². The Morgan fingerprint density at radius 1 is 1.24 bits per heavy atom. The van der Waals surface area contributed by atoms with Gasteiger partial charge < -0.3 is 5.32 Å². The first kappa shape index (κ1) is 16.9. The zero-order chi connectivity index (χ0) is 17.8. The average Bonchev–Trinajstić information content (AvgIpc) is 2.61. The van der Waals surface area contributed by atoms with E-state index >= 15 is 0 Å². The number of amides is 1. The molecule has 1 fully saturated rings. The third kappa shape index (κ3) is 3.95. The molecule has 0 aliphatic carbocycles. The predicted molar refractivity (Wildman–Crippen MR) is 94.7 cm³/mol. The molecular formula is C18H20N4O3. The van der Waals surface area contributed by atoms with Gasteiger partial charge in [0.25, 0.3) is 5.69 Å². The van der Waals surface area contributed by atoms with Gasteiger partial charge in [-0.1, -0.05) is 43.3 Å². The molecular weight excluding hydrogens is 320 g/mol. The Labute approximate surface area is 145 Å². The maximum Gasteiger partial charge on any atom is 0.292 e. The van der Waals surface area contributed by atoms with E-state index in [2.05, 4.69) is 16.2 Å². The number of hydrogen-bond acceptors (Lipinski definition) is 5. The number of carbonyl (C=O) groups is 1. The molecule has 2 aromatic rings. The summed E-state index contributed by atoms with van der Waals surface area (Å²) in [6.45, 7) is 2.46. The second-order valence-corrected chi connectivity index (χ2v) is 6.22. The van der Waals surface area contributed by atoms with Crippen molar-refractivity contribution in [1.29, 1.82) is 0 Å². The molecule has 1 aliphatic rings. The maximum atomic E-state index is 11.5. The minimum atomic E-state index is -0.386. The average molecular weight is 340 g/mol. The van der Waals surface area contributed by atoms with Crippen LogP contribution >= 0.6 is 0 Å². The van der Waals surface area contributed by atoms with E-state index in [0.717, 1.165) is 11.1 Å². The molecule has 0 aromatic heterocycles. The van der Waals surface area contributed by atoms with Gasteiger partial charge in [-0.2, -0.15) is 0 Å². The van der Waals surface area contributed by atoms with Crippen LogP contribution in [0.1, 0.15) is 30.5 Å². The molecule has 25 heavy (non-hydrogen) atoms. The SMILES string of the molecule is CC1CC(=O)NNC1c1ccc(NCc2ccccc2)c([N+](=O)[O-])c1. The molecule has 0 radical (unpaired) electrons. The molecule has 2 atom stereocenters. The Bertz CT molecular complexity index is 779. The number of nitrogens with zero attached hydrogens (tertiary/aromatic N) is 1. The van der Waals surface area contributed by atoms with E-state index < -0.39 is 0 Å². The summed E-state index contributed by atoms with van der Waals surface area (Å²) in [6, 6.07) is 14.7. The third-order valence-electron chi connectivity index (χ3n) is 4.35. The number of nitrogens with one attached hydrogen (secondary N) is 3. The summed E-state index contributed by atoms with van der Waals surface area (Å²) in [5.41, 5.74) is 7.87. The van der Waals surface area contributed by atoms with E-state index in [1.54, 1.807) is 12.1 Å². The lowest BCUT2D eigenvalue weighted by Crippen LogP contribution is -2.48. The largest absolute Gasteiger partial charge is 0.375 e. The first-order valence-corrected chi connectivity index (χ1v) is 8.15. The van der Waals surface area contributed by atoms with Crippen LogP contribution in [0.4, 0.5) is 11.4 Å². The molecule has 2 unspecified atom stereocenters. The van der Waals surface area contributed by atoms with Crippen LogP contribution in [-0.4, -0.2) is 10.8 Å². The first-order chi connectivity index (χ1) is 12.0. The van der Waals surface area contributed by atoms with Crippen LogP contribution in [0.25, 0.3) is 0 Å². The van der Waals surface area contributed by atoms with Crippen molar-refractivity contribution in [3.05, 3.63) is 69.8 Å². The smallest absolute Gasteiger partial charge is 0.292 e. The van der Waals surface area contributed by atoms with Crippen LogP contribution in [0, 0.1) is 16.0 Å². The minimum Gasteiger partial charge on any atom is -0.375 e. The molecule has 130 valence electrons. The van der Waals surface area contributed by atoms with E-state index in [1.165, 1.54) is 0 Å². The van der Waals surface area contributed by atoms with Crippen LogP contribution in [0.2, 0.25) is 0 Å². The number of nitro groups is 1. The molecule has 1 saturated heterocycles. The summed E-state index contributed by atoms with van der Waals surface area (Å²) < 4.78 is 0. The maximum absolute atomic E-state index is 11.5. The Morgan fingerprint density at radius 3 is 2.68 bits per heavy atom. The van der Waals surface area contributed by atoms with Crippen molar-refractivity contribution >= 4 is 17.3 Å². The normalized spacial score (nSPS) is 20.0. The number of nitro benzene ring substituents is 1.